The summed E-state index contributed by atoms with van der Waals surface area (Å²) in [7, 11) is 2.93. The quantitative estimate of drug-likeness (QED) is 0.0258. The lowest BCUT2D eigenvalue weighted by Crippen LogP contribution is -2.20. The largest absolute Gasteiger partial charge is 0.466 e. The molecule has 24 nitrogen and oxygen atoms in total. The second-order valence-electron chi connectivity index (χ2n) is 24.0. The van der Waals surface area contributed by atoms with Crippen molar-refractivity contribution in [2.45, 2.75) is 182 Å². The predicted octanol–water partition coefficient (Wildman–Crippen LogP) is 11.3. The molecule has 100 heavy (non-hydrogen) atoms. The van der Waals surface area contributed by atoms with Gasteiger partial charge in [0.2, 0.25) is 0 Å². The van der Waals surface area contributed by atoms with Gasteiger partial charge in [-0.15, -0.1) is 0 Å². The molecule has 0 aromatic heterocycles. The molecular formula is C76H126O24. The first-order valence-electron chi connectivity index (χ1n) is 35.0. The molecule has 0 spiro atoms. The Hall–Kier alpha value is -6.64. The van der Waals surface area contributed by atoms with E-state index < -0.39 is 23.9 Å². The third kappa shape index (κ3) is 56.1. The number of esters is 8. The van der Waals surface area contributed by atoms with E-state index >= 15 is 0 Å². The molecule has 6 aliphatic rings. The predicted molar refractivity (Wildman–Crippen MR) is 382 cm³/mol. The minimum atomic E-state index is -0.501. The summed E-state index contributed by atoms with van der Waals surface area (Å²) in [5.41, 5.74) is 1.72. The molecule has 0 aromatic carbocycles. The molecule has 2 N–H and O–H groups in total. The van der Waals surface area contributed by atoms with Gasteiger partial charge in [0.25, 0.3) is 0 Å². The number of ether oxygens (including phenoxy) is 14. The molecule has 0 radical (unpaired) electrons. The van der Waals surface area contributed by atoms with Crippen molar-refractivity contribution in [3.63, 3.8) is 0 Å². The van der Waals surface area contributed by atoms with Gasteiger partial charge in [-0.05, 0) is 147 Å². The van der Waals surface area contributed by atoms with Crippen LogP contribution in [0.2, 0.25) is 0 Å². The van der Waals surface area contributed by atoms with E-state index in [1.807, 2.05) is 0 Å². The Kier molecular flexibility index (Phi) is 65.2. The smallest absolute Gasteiger partial charge is 0.333 e. The Bertz CT molecular complexity index is 2300. The number of hydrogen-bond donors (Lipinski definition) is 2. The number of fused-ring (bicyclic) bond motifs is 5. The summed E-state index contributed by atoms with van der Waals surface area (Å²) in [6.45, 7) is 44.1. The van der Waals surface area contributed by atoms with Crippen molar-refractivity contribution in [2.75, 3.05) is 127 Å². The van der Waals surface area contributed by atoms with Crippen LogP contribution in [0.4, 0.5) is 0 Å². The SMILES string of the molecule is C1CC2C3CCC(C3)C2C1.C=C(C)C(=O)OC.C=C(C)C(=O)OC1CCCCC1.C=C(C)C(=O)OCC1CCCO1.C=C(C)C(=O)OCCO.C=CC(=O)OCC1CCCO1.C=CC(=O)OCCO.C=CC(=O)OCCOCCOC.C=CC(=O)OCCOCCOCC(CC)CCCC. The lowest BCUT2D eigenvalue weighted by atomic mass is 9.82. The molecule has 7 unspecified atom stereocenters. The Morgan fingerprint density at radius 1 is 0.460 bits per heavy atom. The lowest BCUT2D eigenvalue weighted by molar-refractivity contribution is -0.146. The van der Waals surface area contributed by atoms with Crippen molar-refractivity contribution in [3.8, 4) is 0 Å². The van der Waals surface area contributed by atoms with Crippen LogP contribution in [-0.2, 0) is 105 Å². The zero-order valence-electron chi connectivity index (χ0n) is 61.9. The van der Waals surface area contributed by atoms with E-state index in [1.54, 1.807) is 73.3 Å². The second-order valence-corrected chi connectivity index (χ2v) is 24.0. The van der Waals surface area contributed by atoms with Crippen LogP contribution in [0.3, 0.4) is 0 Å². The molecule has 2 bridgehead atoms. The highest BCUT2D eigenvalue weighted by atomic mass is 16.6. The van der Waals surface area contributed by atoms with Gasteiger partial charge < -0.3 is 76.5 Å². The molecule has 2 saturated heterocycles. The number of aliphatic hydroxyl groups excluding tert-OH is 2. The molecular weight excluding hydrogens is 1300 g/mol. The highest BCUT2D eigenvalue weighted by Crippen LogP contribution is 2.58. The van der Waals surface area contributed by atoms with Crippen LogP contribution >= 0.6 is 0 Å². The minimum Gasteiger partial charge on any atom is -0.466 e. The monoisotopic (exact) mass is 1420 g/mol. The van der Waals surface area contributed by atoms with Crippen molar-refractivity contribution in [1.29, 1.82) is 0 Å². The number of aliphatic hydroxyl groups is 2. The van der Waals surface area contributed by atoms with E-state index in [1.165, 1.54) is 75.7 Å². The van der Waals surface area contributed by atoms with Gasteiger partial charge in [-0.2, -0.15) is 0 Å². The topological polar surface area (TPSA) is 306 Å². The molecule has 4 aliphatic carbocycles. The molecule has 2 heterocycles. The number of unbranched alkanes of at least 4 members (excludes halogenated alkanes) is 1. The first-order chi connectivity index (χ1) is 47.9. The summed E-state index contributed by atoms with van der Waals surface area (Å²) in [6.07, 6.45) is 29.1. The van der Waals surface area contributed by atoms with E-state index in [4.69, 9.17) is 57.6 Å². The molecule has 7 atom stereocenters. The van der Waals surface area contributed by atoms with Crippen molar-refractivity contribution >= 4 is 47.8 Å². The average Bonchev–Trinajstić information content (AvgIpc) is 1.62. The molecule has 574 valence electrons. The number of methoxy groups -OCH3 is 2. The van der Waals surface area contributed by atoms with E-state index in [9.17, 15) is 38.4 Å². The van der Waals surface area contributed by atoms with Crippen LogP contribution in [0.5, 0.6) is 0 Å². The Morgan fingerprint density at radius 2 is 0.880 bits per heavy atom. The molecule has 6 fully saturated rings. The van der Waals surface area contributed by atoms with Gasteiger partial charge in [-0.3, -0.25) is 0 Å². The minimum absolute atomic E-state index is 0.0465. The Labute approximate surface area is 597 Å². The average molecular weight is 1420 g/mol. The van der Waals surface area contributed by atoms with Gasteiger partial charge >= 0.3 is 47.8 Å². The van der Waals surface area contributed by atoms with Gasteiger partial charge in [0.05, 0.1) is 72.2 Å². The molecule has 4 saturated carbocycles. The van der Waals surface area contributed by atoms with Gasteiger partial charge in [-0.1, -0.05) is 98.6 Å². The van der Waals surface area contributed by atoms with Crippen LogP contribution < -0.4 is 0 Å². The maximum absolute atomic E-state index is 11.1. The summed E-state index contributed by atoms with van der Waals surface area (Å²) in [4.78, 5) is 84.6. The number of rotatable bonds is 35. The van der Waals surface area contributed by atoms with Crippen LogP contribution in [0, 0.1) is 29.6 Å². The van der Waals surface area contributed by atoms with E-state index in [2.05, 4.69) is 85.4 Å². The van der Waals surface area contributed by atoms with Gasteiger partial charge in [0, 0.05) is 73.5 Å². The summed E-state index contributed by atoms with van der Waals surface area (Å²) < 4.78 is 68.6. The number of carbonyl (C=O) groups is 8. The fourth-order valence-electron chi connectivity index (χ4n) is 10.3. The van der Waals surface area contributed by atoms with E-state index in [0.29, 0.717) is 81.1 Å². The van der Waals surface area contributed by atoms with Crippen LogP contribution in [-0.4, -0.2) is 203 Å². The Morgan fingerprint density at radius 3 is 1.28 bits per heavy atom. The zero-order chi connectivity index (χ0) is 75.7. The zero-order valence-corrected chi connectivity index (χ0v) is 61.9. The fourth-order valence-corrected chi connectivity index (χ4v) is 10.3. The molecule has 2 aliphatic heterocycles. The Balaban J connectivity index is -0.00000107. The lowest BCUT2D eigenvalue weighted by Gasteiger charge is -2.23. The van der Waals surface area contributed by atoms with Crippen LogP contribution in [0.25, 0.3) is 0 Å². The third-order valence-electron chi connectivity index (χ3n) is 15.6. The standard InChI is InChI=1S/C15H28O4.C10H16O2.C10H16.C9H14O3.C8H14O4.C8H12O3.C6H10O3.C5H8O3.C5H8O2/c1-4-7-8-14(5-2)13-18-10-9-17-11-12-19-15(16)6-3;1-8(2)10(11)12-9-6-4-3-5-7-9;1-2-9-7-4-5-8(6-7)10(9)3-1;1-7(2)9(10)12-6-8-4-3-5-11-8;1-3-8(9)12-7-6-11-5-4-10-2;1-2-8(9)11-6-7-4-3-5-10-7;1-5(2)6(8)9-4-3-7;1-2-5(7)8-4-3-6;1-4(2)5(6)7-3/h6,14H,3-5,7-13H2,1-2H3;9H,1,3-7H2,2H3;7-10H,1-6H2;8H,1,3-6H2,2H3;3H,1,4-7H2,2H3;2,7H,1,3-6H2;7H,1,3-4H2,2H3;2,6H,1,3-4H2;1H2,2-3H3. The first-order valence-corrected chi connectivity index (χ1v) is 35.0. The van der Waals surface area contributed by atoms with Gasteiger partial charge in [0.15, 0.2) is 0 Å². The van der Waals surface area contributed by atoms with Crippen LogP contribution in [0.1, 0.15) is 164 Å². The van der Waals surface area contributed by atoms with Crippen molar-refractivity contribution < 1.29 is 115 Å². The number of carbonyl (C=O) groups excluding carboxylic acids is 8. The van der Waals surface area contributed by atoms with E-state index in [-0.39, 0.29) is 81.8 Å². The third-order valence-corrected chi connectivity index (χ3v) is 15.6. The summed E-state index contributed by atoms with van der Waals surface area (Å²) in [5.74, 6) is 2.38. The molecule has 0 aromatic rings. The maximum Gasteiger partial charge on any atom is 0.333 e. The van der Waals surface area contributed by atoms with Crippen molar-refractivity contribution in [1.82, 2.24) is 0 Å². The summed E-state index contributed by atoms with van der Waals surface area (Å²) in [6, 6.07) is 0. The van der Waals surface area contributed by atoms with Crippen molar-refractivity contribution in [2.24, 2.45) is 29.6 Å². The highest BCUT2D eigenvalue weighted by molar-refractivity contribution is 5.88. The van der Waals surface area contributed by atoms with Crippen molar-refractivity contribution in [3.05, 3.63) is 99.2 Å². The molecule has 0 amide bonds. The molecule has 24 heteroatoms. The summed E-state index contributed by atoms with van der Waals surface area (Å²) >= 11 is 0. The van der Waals surface area contributed by atoms with Gasteiger partial charge in [-0.25, -0.2) is 38.4 Å². The summed E-state index contributed by atoms with van der Waals surface area (Å²) in [5, 5.41) is 16.3. The van der Waals surface area contributed by atoms with Gasteiger partial charge in [0.1, 0.15) is 45.7 Å². The fraction of sp³-hybridized carbons (Fsp3) is 0.684. The maximum atomic E-state index is 11.1. The van der Waals surface area contributed by atoms with Crippen LogP contribution in [0.15, 0.2) is 99.2 Å². The molecule has 6 rings (SSSR count). The van der Waals surface area contributed by atoms with E-state index in [0.717, 1.165) is 82.6 Å². The number of hydrogen-bond acceptors (Lipinski definition) is 24. The second kappa shape index (κ2) is 66.9. The highest BCUT2D eigenvalue weighted by Gasteiger charge is 2.48. The first kappa shape index (κ1) is 97.5. The normalized spacial score (nSPS) is 18.6.